The van der Waals surface area contributed by atoms with E-state index in [9.17, 15) is 0 Å². The lowest BCUT2D eigenvalue weighted by atomic mass is 9.82. The second-order valence-corrected chi connectivity index (χ2v) is 41.7. The highest BCUT2D eigenvalue weighted by Gasteiger charge is 2.27. The lowest BCUT2D eigenvalue weighted by molar-refractivity contribution is 1.47. The standard InChI is InChI=1S/C54H62Si4/c1-35-15-19-37(20-16-35)49-33-51(39-27-41(55(3,4)5)31-42(28-39)56(6,7)8)47-26-24-46-50(38-21-17-36(2)18-22-38)34-52(48-25-23-45(49)53(47)54(46)48)40-29-43(57(9,10)11)32-44(30-40)58(12,13)14/h15-34H,1-14H3. The molecular formula is C54H62Si4. The van der Waals surface area contributed by atoms with Gasteiger partial charge in [0.1, 0.15) is 0 Å². The van der Waals surface area contributed by atoms with Gasteiger partial charge >= 0.3 is 0 Å². The molecular weight excluding hydrogens is 761 g/mol. The quantitative estimate of drug-likeness (QED) is 0.106. The molecule has 294 valence electrons. The van der Waals surface area contributed by atoms with Gasteiger partial charge in [-0.05, 0) is 103 Å². The van der Waals surface area contributed by atoms with Crippen molar-refractivity contribution < 1.29 is 0 Å². The molecule has 8 rings (SSSR count). The normalized spacial score (nSPS) is 13.0. The number of rotatable bonds is 8. The first-order chi connectivity index (χ1) is 27.1. The SMILES string of the molecule is Cc1ccc(-c2cc(-c3cc([Si](C)(C)C)cc([Si](C)(C)C)c3)c3ccc4c(-c5ccc(C)cc5)cc(-c5cc([Si](C)(C)C)cc([Si](C)(C)C)c5)c5ccc2c3c45)cc1. The zero-order valence-electron chi connectivity index (χ0n) is 37.5. The van der Waals surface area contributed by atoms with Gasteiger partial charge in [0, 0.05) is 0 Å². The predicted octanol–water partition coefficient (Wildman–Crippen LogP) is 14.0. The molecule has 0 fully saturated rings. The Bertz CT molecular complexity index is 2590. The first kappa shape index (κ1) is 40.4. The first-order valence-electron chi connectivity index (χ1n) is 21.3. The molecule has 0 atom stereocenters. The second-order valence-electron chi connectivity index (χ2n) is 21.3. The molecule has 0 saturated carbocycles. The smallest absolute Gasteiger partial charge is 0.0656 e. The summed E-state index contributed by atoms with van der Waals surface area (Å²) in [6.45, 7) is 34.4. The molecule has 0 heterocycles. The van der Waals surface area contributed by atoms with E-state index in [0.717, 1.165) is 0 Å². The van der Waals surface area contributed by atoms with E-state index in [1.165, 1.54) is 88.0 Å². The fraction of sp³-hybridized carbons (Fsp3) is 0.259. The molecule has 0 aliphatic heterocycles. The Hall–Kier alpha value is -4.33. The van der Waals surface area contributed by atoms with E-state index in [0.29, 0.717) is 0 Å². The number of aryl methyl sites for hydroxylation is 2. The molecule has 0 unspecified atom stereocenters. The third-order valence-corrected chi connectivity index (χ3v) is 20.7. The molecule has 8 aromatic rings. The molecule has 0 bridgehead atoms. The minimum Gasteiger partial charge on any atom is -0.0656 e. The molecule has 4 heteroatoms. The molecule has 0 aliphatic carbocycles. The number of hydrogen-bond acceptors (Lipinski definition) is 0. The van der Waals surface area contributed by atoms with Crippen molar-refractivity contribution in [3.8, 4) is 44.5 Å². The maximum Gasteiger partial charge on any atom is 0.0776 e. The van der Waals surface area contributed by atoms with Crippen molar-refractivity contribution >= 4 is 85.4 Å². The number of hydrogen-bond donors (Lipinski definition) is 0. The first-order valence-corrected chi connectivity index (χ1v) is 35.3. The fourth-order valence-corrected chi connectivity index (χ4v) is 13.7. The Labute approximate surface area is 352 Å². The average Bonchev–Trinajstić information content (AvgIpc) is 3.15. The second kappa shape index (κ2) is 14.2. The molecule has 0 nitrogen and oxygen atoms in total. The van der Waals surface area contributed by atoms with Crippen molar-refractivity contribution in [2.24, 2.45) is 0 Å². The summed E-state index contributed by atoms with van der Waals surface area (Å²) in [6.07, 6.45) is 0. The summed E-state index contributed by atoms with van der Waals surface area (Å²) >= 11 is 0. The van der Waals surface area contributed by atoms with Gasteiger partial charge in [-0.1, -0.05) is 220 Å². The van der Waals surface area contributed by atoms with Crippen molar-refractivity contribution in [2.75, 3.05) is 0 Å². The molecule has 0 N–H and O–H groups in total. The maximum absolute atomic E-state index is 2.57. The van der Waals surface area contributed by atoms with E-state index >= 15 is 0 Å². The van der Waals surface area contributed by atoms with Crippen LogP contribution in [0.2, 0.25) is 78.6 Å². The van der Waals surface area contributed by atoms with Gasteiger partial charge in [-0.3, -0.25) is 0 Å². The van der Waals surface area contributed by atoms with Crippen LogP contribution in [0.25, 0.3) is 76.8 Å². The van der Waals surface area contributed by atoms with E-state index in [1.54, 1.807) is 20.7 Å². The van der Waals surface area contributed by atoms with Gasteiger partial charge in [0.05, 0.1) is 32.3 Å². The van der Waals surface area contributed by atoms with Crippen LogP contribution in [0.5, 0.6) is 0 Å². The zero-order chi connectivity index (χ0) is 41.7. The van der Waals surface area contributed by atoms with Gasteiger partial charge < -0.3 is 0 Å². The Morgan fingerprint density at radius 2 is 0.500 bits per heavy atom. The third kappa shape index (κ3) is 7.42. The van der Waals surface area contributed by atoms with Gasteiger partial charge in [0.2, 0.25) is 0 Å². The van der Waals surface area contributed by atoms with Gasteiger partial charge in [-0.2, -0.15) is 0 Å². The maximum atomic E-state index is 2.57. The monoisotopic (exact) mass is 822 g/mol. The minimum atomic E-state index is -1.63. The van der Waals surface area contributed by atoms with Gasteiger partial charge in [-0.15, -0.1) is 0 Å². The van der Waals surface area contributed by atoms with Crippen LogP contribution in [-0.2, 0) is 0 Å². The van der Waals surface area contributed by atoms with Crippen molar-refractivity contribution in [1.29, 1.82) is 0 Å². The van der Waals surface area contributed by atoms with Gasteiger partial charge in [0.15, 0.2) is 0 Å². The van der Waals surface area contributed by atoms with E-state index in [2.05, 4.69) is 214 Å². The van der Waals surface area contributed by atoms with Crippen LogP contribution in [0, 0.1) is 13.8 Å². The molecule has 0 saturated heterocycles. The van der Waals surface area contributed by atoms with E-state index in [-0.39, 0.29) is 0 Å². The van der Waals surface area contributed by atoms with Crippen molar-refractivity contribution in [2.45, 2.75) is 92.4 Å². The summed E-state index contributed by atoms with van der Waals surface area (Å²) < 4.78 is 0. The largest absolute Gasteiger partial charge is 0.0776 e. The van der Waals surface area contributed by atoms with Crippen molar-refractivity contribution in [3.63, 3.8) is 0 Å². The Balaban J connectivity index is 1.58. The van der Waals surface area contributed by atoms with Crippen LogP contribution < -0.4 is 20.7 Å². The molecule has 0 aliphatic rings. The Morgan fingerprint density at radius 1 is 0.259 bits per heavy atom. The van der Waals surface area contributed by atoms with E-state index < -0.39 is 32.3 Å². The fourth-order valence-electron chi connectivity index (χ4n) is 8.71. The highest BCUT2D eigenvalue weighted by molar-refractivity contribution is 6.92. The van der Waals surface area contributed by atoms with Crippen LogP contribution in [0.15, 0.2) is 121 Å². The van der Waals surface area contributed by atoms with Crippen LogP contribution in [-0.4, -0.2) is 32.3 Å². The lowest BCUT2D eigenvalue weighted by Crippen LogP contribution is -2.45. The highest BCUT2D eigenvalue weighted by atomic mass is 28.3. The lowest BCUT2D eigenvalue weighted by Gasteiger charge is -2.26. The molecule has 0 amide bonds. The number of benzene rings is 8. The van der Waals surface area contributed by atoms with Crippen LogP contribution >= 0.6 is 0 Å². The minimum absolute atomic E-state index is 1.28. The Kier molecular flexibility index (Phi) is 9.87. The Morgan fingerprint density at radius 3 is 0.741 bits per heavy atom. The highest BCUT2D eigenvalue weighted by Crippen LogP contribution is 2.48. The summed E-state index contributed by atoms with van der Waals surface area (Å²) in [5.41, 5.74) is 13.2. The molecule has 0 spiro atoms. The van der Waals surface area contributed by atoms with Gasteiger partial charge in [-0.25, -0.2) is 0 Å². The summed E-state index contributed by atoms with van der Waals surface area (Å²) in [6, 6.07) is 48.7. The molecule has 58 heavy (non-hydrogen) atoms. The van der Waals surface area contributed by atoms with E-state index in [4.69, 9.17) is 0 Å². The summed E-state index contributed by atoms with van der Waals surface area (Å²) in [4.78, 5) is 0. The van der Waals surface area contributed by atoms with Crippen LogP contribution in [0.3, 0.4) is 0 Å². The van der Waals surface area contributed by atoms with Crippen LogP contribution in [0.1, 0.15) is 11.1 Å². The third-order valence-electron chi connectivity index (χ3n) is 12.6. The summed E-state index contributed by atoms with van der Waals surface area (Å²) in [7, 11) is -6.50. The molecule has 0 aromatic heterocycles. The molecule has 8 aromatic carbocycles. The van der Waals surface area contributed by atoms with Crippen molar-refractivity contribution in [3.05, 3.63) is 132 Å². The zero-order valence-corrected chi connectivity index (χ0v) is 41.5. The summed E-state index contributed by atoms with van der Waals surface area (Å²) in [5, 5.41) is 14.3. The topological polar surface area (TPSA) is 0 Å². The van der Waals surface area contributed by atoms with E-state index in [1.807, 2.05) is 0 Å². The molecule has 0 radical (unpaired) electrons. The van der Waals surface area contributed by atoms with Crippen LogP contribution in [0.4, 0.5) is 0 Å². The average molecular weight is 823 g/mol. The van der Waals surface area contributed by atoms with Crippen molar-refractivity contribution in [1.82, 2.24) is 0 Å². The summed E-state index contributed by atoms with van der Waals surface area (Å²) in [5.74, 6) is 0. The van der Waals surface area contributed by atoms with Gasteiger partial charge in [0.25, 0.3) is 0 Å². The predicted molar refractivity (Wildman–Crippen MR) is 273 cm³/mol.